The summed E-state index contributed by atoms with van der Waals surface area (Å²) in [6.45, 7) is 0. The molecule has 1 aromatic rings. The van der Waals surface area contributed by atoms with Crippen LogP contribution in [0.25, 0.3) is 0 Å². The van der Waals surface area contributed by atoms with E-state index in [2.05, 4.69) is 4.65 Å². The fourth-order valence-electron chi connectivity index (χ4n) is 0.769. The second kappa shape index (κ2) is 4.06. The average Bonchev–Trinajstić information content (AvgIpc) is 1.96. The topological polar surface area (TPSA) is 69.9 Å². The van der Waals surface area contributed by atoms with Crippen LogP contribution in [0.4, 0.5) is 0 Å². The molecule has 1 aromatic carbocycles. The molecule has 0 amide bonds. The number of aromatic hydroxyl groups is 1. The molecule has 0 aromatic heterocycles. The molecule has 0 atom stereocenters. The van der Waals surface area contributed by atoms with Crippen LogP contribution in [-0.4, -0.2) is 22.5 Å². The molecule has 0 aliphatic rings. The normalized spacial score (nSPS) is 9.85. The highest BCUT2D eigenvalue weighted by Gasteiger charge is 2.17. The Hall–Kier alpha value is -0.615. The van der Waals surface area contributed by atoms with Gasteiger partial charge in [0.05, 0.1) is 5.02 Å². The van der Waals surface area contributed by atoms with Gasteiger partial charge in [-0.3, -0.25) is 0 Å². The molecule has 0 aliphatic heterocycles. The van der Waals surface area contributed by atoms with Crippen molar-refractivity contribution >= 4 is 30.5 Å². The van der Waals surface area contributed by atoms with Gasteiger partial charge in [-0.05, 0) is 6.07 Å². The van der Waals surface area contributed by atoms with Crippen LogP contribution in [-0.2, 0) is 0 Å². The highest BCUT2D eigenvalue weighted by atomic mass is 35.5. The van der Waals surface area contributed by atoms with Crippen LogP contribution in [0.15, 0.2) is 12.1 Å². The van der Waals surface area contributed by atoms with Gasteiger partial charge in [-0.15, -0.1) is 0 Å². The Morgan fingerprint density at radius 1 is 1.23 bits per heavy atom. The van der Waals surface area contributed by atoms with E-state index in [1.807, 2.05) is 0 Å². The van der Waals surface area contributed by atoms with Crippen LogP contribution < -0.4 is 4.65 Å². The molecule has 0 heterocycles. The van der Waals surface area contributed by atoms with E-state index < -0.39 is 7.32 Å². The van der Waals surface area contributed by atoms with Gasteiger partial charge in [-0.1, -0.05) is 23.2 Å². The molecule has 0 spiro atoms. The summed E-state index contributed by atoms with van der Waals surface area (Å²) in [5.74, 6) is -0.577. The lowest BCUT2D eigenvalue weighted by Crippen LogP contribution is -2.20. The van der Waals surface area contributed by atoms with Gasteiger partial charge in [-0.2, -0.15) is 0 Å². The van der Waals surface area contributed by atoms with Crippen molar-refractivity contribution in [3.8, 4) is 11.5 Å². The number of benzene rings is 1. The maximum Gasteiger partial charge on any atom is 0.707 e. The van der Waals surface area contributed by atoms with E-state index in [4.69, 9.17) is 33.2 Å². The highest BCUT2D eigenvalue weighted by molar-refractivity contribution is 6.38. The predicted molar refractivity (Wildman–Crippen MR) is 48.9 cm³/mol. The first-order chi connectivity index (χ1) is 6.00. The number of phenolic OH excluding ortho intramolecular Hbond substituents is 1. The van der Waals surface area contributed by atoms with Crippen molar-refractivity contribution in [1.82, 2.24) is 0 Å². The van der Waals surface area contributed by atoms with Crippen molar-refractivity contribution in [1.29, 1.82) is 0 Å². The summed E-state index contributed by atoms with van der Waals surface area (Å²) < 4.78 is 4.40. The molecule has 4 nitrogen and oxygen atoms in total. The standard InChI is InChI=1S/C6H5BCl2O4/c8-3-1-4(9)6(5(10)2-3)13-7(11)12/h1-2,10-12H. The van der Waals surface area contributed by atoms with Gasteiger partial charge < -0.3 is 19.8 Å². The summed E-state index contributed by atoms with van der Waals surface area (Å²) in [5.41, 5.74) is 0. The van der Waals surface area contributed by atoms with Gasteiger partial charge in [0.15, 0.2) is 11.5 Å². The summed E-state index contributed by atoms with van der Waals surface area (Å²) in [6, 6.07) is 2.48. The van der Waals surface area contributed by atoms with Gasteiger partial charge >= 0.3 is 7.32 Å². The van der Waals surface area contributed by atoms with Crippen LogP contribution in [0.1, 0.15) is 0 Å². The SMILES string of the molecule is OB(O)Oc1c(O)cc(Cl)cc1Cl. The van der Waals surface area contributed by atoms with Gasteiger partial charge in [0.1, 0.15) is 0 Å². The molecular formula is C6H5BCl2O4. The molecule has 13 heavy (non-hydrogen) atoms. The van der Waals surface area contributed by atoms with Crippen LogP contribution in [0.5, 0.6) is 11.5 Å². The summed E-state index contributed by atoms with van der Waals surface area (Å²) in [4.78, 5) is 0. The minimum Gasteiger partial charge on any atom is -0.508 e. The Labute approximate surface area is 84.5 Å². The molecule has 1 rings (SSSR count). The van der Waals surface area contributed by atoms with Crippen LogP contribution in [0, 0.1) is 0 Å². The smallest absolute Gasteiger partial charge is 0.508 e. The van der Waals surface area contributed by atoms with Crippen molar-refractivity contribution in [2.45, 2.75) is 0 Å². The molecule has 70 valence electrons. The van der Waals surface area contributed by atoms with Gasteiger partial charge in [-0.25, -0.2) is 0 Å². The summed E-state index contributed by atoms with van der Waals surface area (Å²) >= 11 is 11.1. The first-order valence-corrected chi connectivity index (χ1v) is 3.97. The molecule has 0 aliphatic carbocycles. The van der Waals surface area contributed by atoms with Gasteiger partial charge in [0.2, 0.25) is 0 Å². The summed E-state index contributed by atoms with van der Waals surface area (Å²) in [7, 11) is -2.04. The van der Waals surface area contributed by atoms with Crippen LogP contribution in [0.2, 0.25) is 10.0 Å². The lowest BCUT2D eigenvalue weighted by Gasteiger charge is -2.08. The molecular weight excluding hydrogens is 218 g/mol. The first-order valence-electron chi connectivity index (χ1n) is 3.21. The Kier molecular flexibility index (Phi) is 3.27. The summed E-state index contributed by atoms with van der Waals surface area (Å²) in [6.07, 6.45) is 0. The zero-order valence-corrected chi connectivity index (χ0v) is 7.75. The molecule has 0 fully saturated rings. The van der Waals surface area contributed by atoms with Crippen LogP contribution >= 0.6 is 23.2 Å². The zero-order chi connectivity index (χ0) is 10.0. The number of halogens is 2. The van der Waals surface area contributed by atoms with Crippen molar-refractivity contribution < 1.29 is 19.8 Å². The van der Waals surface area contributed by atoms with E-state index in [0.29, 0.717) is 0 Å². The largest absolute Gasteiger partial charge is 0.707 e. The van der Waals surface area contributed by atoms with E-state index in [1.165, 1.54) is 12.1 Å². The number of rotatable bonds is 2. The Morgan fingerprint density at radius 2 is 1.85 bits per heavy atom. The minimum atomic E-state index is -2.04. The third kappa shape index (κ3) is 2.67. The third-order valence-electron chi connectivity index (χ3n) is 1.21. The Balaban J connectivity index is 3.06. The van der Waals surface area contributed by atoms with E-state index in [1.54, 1.807) is 0 Å². The van der Waals surface area contributed by atoms with Gasteiger partial charge in [0.25, 0.3) is 0 Å². The Morgan fingerprint density at radius 3 is 2.31 bits per heavy atom. The second-order valence-corrected chi connectivity index (χ2v) is 3.02. The molecule has 7 heteroatoms. The lowest BCUT2D eigenvalue weighted by atomic mass is 10.2. The quantitative estimate of drug-likeness (QED) is 0.655. The summed E-state index contributed by atoms with van der Waals surface area (Å²) in [5, 5.41) is 26.3. The predicted octanol–water partition coefficient (Wildman–Crippen LogP) is 1.05. The van der Waals surface area contributed by atoms with E-state index in [0.717, 1.165) is 0 Å². The third-order valence-corrected chi connectivity index (χ3v) is 1.71. The fraction of sp³-hybridized carbons (Fsp3) is 0. The van der Waals surface area contributed by atoms with Gasteiger partial charge in [0, 0.05) is 11.1 Å². The van der Waals surface area contributed by atoms with E-state index in [-0.39, 0.29) is 21.5 Å². The first kappa shape index (κ1) is 10.5. The van der Waals surface area contributed by atoms with Crippen LogP contribution in [0.3, 0.4) is 0 Å². The van der Waals surface area contributed by atoms with E-state index >= 15 is 0 Å². The minimum absolute atomic E-state index is 0.00176. The monoisotopic (exact) mass is 222 g/mol. The molecule has 0 radical (unpaired) electrons. The average molecular weight is 223 g/mol. The number of phenols is 1. The van der Waals surface area contributed by atoms with Crippen molar-refractivity contribution in [2.24, 2.45) is 0 Å². The van der Waals surface area contributed by atoms with Crippen molar-refractivity contribution in [2.75, 3.05) is 0 Å². The maximum absolute atomic E-state index is 9.20. The molecule has 0 saturated carbocycles. The lowest BCUT2D eigenvalue weighted by molar-refractivity contribution is 0.281. The fourth-order valence-corrected chi connectivity index (χ4v) is 1.30. The molecule has 0 saturated heterocycles. The van der Waals surface area contributed by atoms with Crippen molar-refractivity contribution in [3.63, 3.8) is 0 Å². The highest BCUT2D eigenvalue weighted by Crippen LogP contribution is 2.37. The molecule has 3 N–H and O–H groups in total. The Bertz CT molecular complexity index is 294. The number of hydrogen-bond acceptors (Lipinski definition) is 4. The molecule has 0 unspecified atom stereocenters. The second-order valence-electron chi connectivity index (χ2n) is 2.18. The molecule has 0 bridgehead atoms. The van der Waals surface area contributed by atoms with Crippen molar-refractivity contribution in [3.05, 3.63) is 22.2 Å². The van der Waals surface area contributed by atoms with E-state index in [9.17, 15) is 5.11 Å². The zero-order valence-electron chi connectivity index (χ0n) is 6.24. The number of hydrogen-bond donors (Lipinski definition) is 3. The maximum atomic E-state index is 9.20.